The summed E-state index contributed by atoms with van der Waals surface area (Å²) in [5.74, 6) is -0.543. The molecule has 136 valence electrons. The Bertz CT molecular complexity index is 888. The van der Waals surface area contributed by atoms with Gasteiger partial charge in [0.1, 0.15) is 11.1 Å². The Hall–Kier alpha value is -2.53. The van der Waals surface area contributed by atoms with E-state index in [1.54, 1.807) is 12.1 Å². The Morgan fingerprint density at radius 1 is 1.27 bits per heavy atom. The van der Waals surface area contributed by atoms with Gasteiger partial charge < -0.3 is 5.32 Å². The standard InChI is InChI=1S/C18H16F3N3OS/c1-10-4-5-15(11(2)6-10)24-16(25)9-26-17-13(8-22)14(18(19,20)21)7-12(3)23-17/h4-7H,9H2,1-3H3,(H,24,25). The number of pyridine rings is 1. The molecule has 8 heteroatoms. The van der Waals surface area contributed by atoms with Crippen molar-refractivity contribution in [2.45, 2.75) is 32.0 Å². The van der Waals surface area contributed by atoms with E-state index in [4.69, 9.17) is 5.26 Å². The Balaban J connectivity index is 2.17. The first-order chi connectivity index (χ1) is 12.1. The van der Waals surface area contributed by atoms with Gasteiger partial charge in [-0.2, -0.15) is 18.4 Å². The van der Waals surface area contributed by atoms with E-state index in [0.717, 1.165) is 29.0 Å². The van der Waals surface area contributed by atoms with E-state index >= 15 is 0 Å². The Kier molecular flexibility index (Phi) is 5.93. The van der Waals surface area contributed by atoms with E-state index in [2.05, 4.69) is 10.3 Å². The Labute approximate surface area is 153 Å². The number of aryl methyl sites for hydroxylation is 3. The average molecular weight is 379 g/mol. The van der Waals surface area contributed by atoms with Crippen molar-refractivity contribution in [1.29, 1.82) is 5.26 Å². The molecule has 1 amide bonds. The molecule has 2 aromatic rings. The third-order valence-corrected chi connectivity index (χ3v) is 4.50. The third-order valence-electron chi connectivity index (χ3n) is 3.53. The molecular formula is C18H16F3N3OS. The summed E-state index contributed by atoms with van der Waals surface area (Å²) in [7, 11) is 0. The fraction of sp³-hybridized carbons (Fsp3) is 0.278. The molecule has 0 unspecified atom stereocenters. The van der Waals surface area contributed by atoms with Crippen molar-refractivity contribution in [2.24, 2.45) is 0 Å². The molecule has 0 spiro atoms. The number of rotatable bonds is 4. The number of benzene rings is 1. The molecule has 0 bridgehead atoms. The summed E-state index contributed by atoms with van der Waals surface area (Å²) in [6, 6.07) is 7.91. The number of nitrogens with zero attached hydrogens (tertiary/aromatic N) is 2. The fourth-order valence-corrected chi connectivity index (χ4v) is 3.20. The molecule has 0 atom stereocenters. The predicted molar refractivity (Wildman–Crippen MR) is 94.0 cm³/mol. The monoisotopic (exact) mass is 379 g/mol. The molecule has 0 aliphatic rings. The lowest BCUT2D eigenvalue weighted by Crippen LogP contribution is -2.16. The summed E-state index contributed by atoms with van der Waals surface area (Å²) < 4.78 is 39.3. The maximum Gasteiger partial charge on any atom is 0.417 e. The molecule has 0 aliphatic heterocycles. The number of hydrogen-bond acceptors (Lipinski definition) is 4. The highest BCUT2D eigenvalue weighted by Crippen LogP contribution is 2.35. The lowest BCUT2D eigenvalue weighted by Gasteiger charge is -2.13. The number of thioether (sulfide) groups is 1. The van der Waals surface area contributed by atoms with Crippen molar-refractivity contribution >= 4 is 23.4 Å². The van der Waals surface area contributed by atoms with Crippen LogP contribution in [0.15, 0.2) is 29.3 Å². The third kappa shape index (κ3) is 4.76. The van der Waals surface area contributed by atoms with Gasteiger partial charge in [-0.25, -0.2) is 4.98 Å². The highest BCUT2D eigenvalue weighted by molar-refractivity contribution is 8.00. The highest BCUT2D eigenvalue weighted by atomic mass is 32.2. The van der Waals surface area contributed by atoms with Crippen LogP contribution in [0.1, 0.15) is 27.9 Å². The largest absolute Gasteiger partial charge is 0.417 e. The van der Waals surface area contributed by atoms with E-state index in [1.165, 1.54) is 6.92 Å². The van der Waals surface area contributed by atoms with Crippen LogP contribution in [0.3, 0.4) is 0 Å². The van der Waals surface area contributed by atoms with Gasteiger partial charge in [-0.05, 0) is 38.5 Å². The van der Waals surface area contributed by atoms with Crippen LogP contribution >= 0.6 is 11.8 Å². The van der Waals surface area contributed by atoms with Gasteiger partial charge in [0.2, 0.25) is 5.91 Å². The number of halogens is 3. The molecule has 1 aromatic heterocycles. The second kappa shape index (κ2) is 7.79. The first kappa shape index (κ1) is 19.8. The molecule has 0 radical (unpaired) electrons. The van der Waals surface area contributed by atoms with E-state index in [-0.39, 0.29) is 22.4 Å². The van der Waals surface area contributed by atoms with Crippen molar-refractivity contribution in [3.05, 3.63) is 52.2 Å². The van der Waals surface area contributed by atoms with Crippen molar-refractivity contribution in [3.63, 3.8) is 0 Å². The van der Waals surface area contributed by atoms with Crippen LogP contribution in [0.2, 0.25) is 0 Å². The lowest BCUT2D eigenvalue weighted by atomic mass is 10.1. The molecule has 1 N–H and O–H groups in total. The second-order valence-electron chi connectivity index (χ2n) is 5.76. The number of anilines is 1. The van der Waals surface area contributed by atoms with Gasteiger partial charge in [0, 0.05) is 11.4 Å². The highest BCUT2D eigenvalue weighted by Gasteiger charge is 2.35. The molecule has 0 saturated heterocycles. The SMILES string of the molecule is Cc1ccc(NC(=O)CSc2nc(C)cc(C(F)(F)F)c2C#N)c(C)c1. The van der Waals surface area contributed by atoms with E-state index in [1.807, 2.05) is 26.0 Å². The number of amides is 1. The van der Waals surface area contributed by atoms with E-state index in [0.29, 0.717) is 5.69 Å². The molecule has 0 fully saturated rings. The summed E-state index contributed by atoms with van der Waals surface area (Å²) in [5.41, 5.74) is 1.10. The van der Waals surface area contributed by atoms with Gasteiger partial charge in [-0.3, -0.25) is 4.79 Å². The number of nitriles is 1. The smallest absolute Gasteiger partial charge is 0.325 e. The normalized spacial score (nSPS) is 11.1. The zero-order valence-electron chi connectivity index (χ0n) is 14.4. The number of hydrogen-bond donors (Lipinski definition) is 1. The van der Waals surface area contributed by atoms with E-state index in [9.17, 15) is 18.0 Å². The minimum atomic E-state index is -4.66. The zero-order chi connectivity index (χ0) is 19.5. The number of nitrogens with one attached hydrogen (secondary N) is 1. The number of carbonyl (C=O) groups is 1. The minimum absolute atomic E-state index is 0.101. The van der Waals surface area contributed by atoms with Crippen LogP contribution in [-0.2, 0) is 11.0 Å². The van der Waals surface area contributed by atoms with Crippen molar-refractivity contribution in [3.8, 4) is 6.07 Å². The van der Waals surface area contributed by atoms with Gasteiger partial charge in [-0.15, -0.1) is 0 Å². The molecule has 2 rings (SSSR count). The van der Waals surface area contributed by atoms with Crippen molar-refractivity contribution < 1.29 is 18.0 Å². The molecular weight excluding hydrogens is 363 g/mol. The zero-order valence-corrected chi connectivity index (χ0v) is 15.2. The van der Waals surface area contributed by atoms with Gasteiger partial charge in [0.05, 0.1) is 16.9 Å². The predicted octanol–water partition coefficient (Wildman–Crippen LogP) is 4.63. The van der Waals surface area contributed by atoms with Crippen molar-refractivity contribution in [2.75, 3.05) is 11.1 Å². The molecule has 1 heterocycles. The van der Waals surface area contributed by atoms with Gasteiger partial charge in [0.15, 0.2) is 0 Å². The van der Waals surface area contributed by atoms with Gasteiger partial charge >= 0.3 is 6.18 Å². The number of carbonyl (C=O) groups excluding carboxylic acids is 1. The molecule has 26 heavy (non-hydrogen) atoms. The molecule has 1 aromatic carbocycles. The Morgan fingerprint density at radius 3 is 2.54 bits per heavy atom. The fourth-order valence-electron chi connectivity index (χ4n) is 2.35. The second-order valence-corrected chi connectivity index (χ2v) is 6.72. The van der Waals surface area contributed by atoms with Crippen LogP contribution in [0.25, 0.3) is 0 Å². The summed E-state index contributed by atoms with van der Waals surface area (Å²) >= 11 is 0.807. The maximum absolute atomic E-state index is 13.1. The maximum atomic E-state index is 13.1. The average Bonchev–Trinajstić information content (AvgIpc) is 2.54. The van der Waals surface area contributed by atoms with Crippen LogP contribution in [0.4, 0.5) is 18.9 Å². The minimum Gasteiger partial charge on any atom is -0.325 e. The number of alkyl halides is 3. The quantitative estimate of drug-likeness (QED) is 0.787. The summed E-state index contributed by atoms with van der Waals surface area (Å²) in [4.78, 5) is 16.1. The van der Waals surface area contributed by atoms with Crippen LogP contribution in [-0.4, -0.2) is 16.6 Å². The number of aromatic nitrogens is 1. The van der Waals surface area contributed by atoms with Crippen LogP contribution in [0, 0.1) is 32.1 Å². The molecule has 4 nitrogen and oxygen atoms in total. The molecule has 0 aliphatic carbocycles. The van der Waals surface area contributed by atoms with Gasteiger partial charge in [0.25, 0.3) is 0 Å². The van der Waals surface area contributed by atoms with Crippen LogP contribution in [0.5, 0.6) is 0 Å². The molecule has 0 saturated carbocycles. The summed E-state index contributed by atoms with van der Waals surface area (Å²) in [6.45, 7) is 5.19. The lowest BCUT2D eigenvalue weighted by molar-refractivity contribution is -0.138. The van der Waals surface area contributed by atoms with Crippen molar-refractivity contribution in [1.82, 2.24) is 4.98 Å². The van der Waals surface area contributed by atoms with Crippen LogP contribution < -0.4 is 5.32 Å². The van der Waals surface area contributed by atoms with Gasteiger partial charge in [-0.1, -0.05) is 29.5 Å². The first-order valence-electron chi connectivity index (χ1n) is 7.60. The topological polar surface area (TPSA) is 65.8 Å². The summed E-state index contributed by atoms with van der Waals surface area (Å²) in [5, 5.41) is 11.7. The first-order valence-corrected chi connectivity index (χ1v) is 8.59. The summed E-state index contributed by atoms with van der Waals surface area (Å²) in [6.07, 6.45) is -4.66. The Morgan fingerprint density at radius 2 is 1.96 bits per heavy atom. The van der Waals surface area contributed by atoms with E-state index < -0.39 is 17.3 Å².